The van der Waals surface area contributed by atoms with Crippen LogP contribution in [0.25, 0.3) is 0 Å². The molecule has 1 aliphatic rings. The molecule has 1 aromatic rings. The Morgan fingerprint density at radius 1 is 1.18 bits per heavy atom. The van der Waals surface area contributed by atoms with Gasteiger partial charge in [0, 0.05) is 36.7 Å². The van der Waals surface area contributed by atoms with E-state index in [1.807, 2.05) is 0 Å². The molecular formula is C13H17BrCl2F4N2. The molecule has 1 heterocycles. The van der Waals surface area contributed by atoms with Gasteiger partial charge < -0.3 is 5.32 Å². The van der Waals surface area contributed by atoms with Gasteiger partial charge in [-0.25, -0.2) is 4.39 Å². The summed E-state index contributed by atoms with van der Waals surface area (Å²) in [7, 11) is 0. The number of piperazine rings is 1. The fourth-order valence-electron chi connectivity index (χ4n) is 2.42. The molecule has 1 fully saturated rings. The van der Waals surface area contributed by atoms with Gasteiger partial charge in [-0.1, -0.05) is 15.9 Å². The zero-order valence-corrected chi connectivity index (χ0v) is 14.7. The van der Waals surface area contributed by atoms with Crippen LogP contribution in [0.5, 0.6) is 0 Å². The number of halogens is 7. The summed E-state index contributed by atoms with van der Waals surface area (Å²) in [5.74, 6) is -0.523. The Kier molecular flexibility index (Phi) is 9.24. The van der Waals surface area contributed by atoms with Crippen LogP contribution in [0.4, 0.5) is 17.6 Å². The van der Waals surface area contributed by atoms with Crippen LogP contribution in [0.15, 0.2) is 22.7 Å². The molecule has 128 valence electrons. The molecule has 1 aliphatic heterocycles. The average Bonchev–Trinajstić information content (AvgIpc) is 2.39. The lowest BCUT2D eigenvalue weighted by molar-refractivity contribution is -0.148. The zero-order valence-electron chi connectivity index (χ0n) is 11.5. The summed E-state index contributed by atoms with van der Waals surface area (Å²) in [5.41, 5.74) is 0.351. The highest BCUT2D eigenvalue weighted by atomic mass is 79.9. The third-order valence-electron chi connectivity index (χ3n) is 3.33. The normalized spacial score (nSPS) is 17.3. The highest BCUT2D eigenvalue weighted by molar-refractivity contribution is 9.10. The molecule has 0 saturated carbocycles. The lowest BCUT2D eigenvalue weighted by atomic mass is 10.0. The maximum atomic E-state index is 13.4. The van der Waals surface area contributed by atoms with Gasteiger partial charge in [-0.15, -0.1) is 24.8 Å². The van der Waals surface area contributed by atoms with Gasteiger partial charge in [-0.2, -0.15) is 13.2 Å². The molecule has 0 unspecified atom stereocenters. The third-order valence-corrected chi connectivity index (χ3v) is 4.06. The standard InChI is InChI=1S/C13H15BrF4N2.2ClH/c14-11-2-1-9(15)7-10(11)12(8-13(16,17)18)20-5-3-19-4-6-20;;/h1-2,7,12,19H,3-6,8H2;2*1H/t12-;;/m0../s1. The first kappa shape index (κ1) is 21.9. The topological polar surface area (TPSA) is 15.3 Å². The van der Waals surface area contributed by atoms with Crippen molar-refractivity contribution in [3.63, 3.8) is 0 Å². The first-order valence-electron chi connectivity index (χ1n) is 6.33. The number of nitrogens with zero attached hydrogens (tertiary/aromatic N) is 1. The molecule has 0 spiro atoms. The van der Waals surface area contributed by atoms with Gasteiger partial charge in [0.05, 0.1) is 6.42 Å². The molecular weight excluding hydrogens is 411 g/mol. The fourth-order valence-corrected chi connectivity index (χ4v) is 2.93. The van der Waals surface area contributed by atoms with Crippen LogP contribution < -0.4 is 5.32 Å². The quantitative estimate of drug-likeness (QED) is 0.722. The molecule has 2 rings (SSSR count). The van der Waals surface area contributed by atoms with E-state index in [1.54, 1.807) is 4.90 Å². The van der Waals surface area contributed by atoms with Gasteiger partial charge in [-0.05, 0) is 23.8 Å². The Balaban J connectivity index is 0.00000220. The van der Waals surface area contributed by atoms with E-state index >= 15 is 0 Å². The molecule has 0 aromatic heterocycles. The first-order valence-corrected chi connectivity index (χ1v) is 7.12. The van der Waals surface area contributed by atoms with Gasteiger partial charge in [0.25, 0.3) is 0 Å². The Labute approximate surface area is 147 Å². The number of hydrogen-bond donors (Lipinski definition) is 1. The summed E-state index contributed by atoms with van der Waals surface area (Å²) in [6.07, 6.45) is -5.27. The minimum atomic E-state index is -4.29. The minimum absolute atomic E-state index is 0. The van der Waals surface area contributed by atoms with Crippen molar-refractivity contribution in [1.82, 2.24) is 10.2 Å². The number of benzene rings is 1. The summed E-state index contributed by atoms with van der Waals surface area (Å²) < 4.78 is 52.4. The van der Waals surface area contributed by atoms with Crippen LogP contribution >= 0.6 is 40.7 Å². The van der Waals surface area contributed by atoms with Crippen molar-refractivity contribution in [3.05, 3.63) is 34.1 Å². The van der Waals surface area contributed by atoms with Gasteiger partial charge in [0.1, 0.15) is 5.82 Å². The largest absolute Gasteiger partial charge is 0.390 e. The smallest absolute Gasteiger partial charge is 0.314 e. The average molecular weight is 428 g/mol. The van der Waals surface area contributed by atoms with E-state index < -0.39 is 24.5 Å². The molecule has 22 heavy (non-hydrogen) atoms. The third kappa shape index (κ3) is 6.20. The lowest BCUT2D eigenvalue weighted by Gasteiger charge is -2.36. The van der Waals surface area contributed by atoms with Gasteiger partial charge in [0.2, 0.25) is 0 Å². The maximum absolute atomic E-state index is 13.4. The molecule has 9 heteroatoms. The summed E-state index contributed by atoms with van der Waals surface area (Å²) in [5, 5.41) is 3.10. The van der Waals surface area contributed by atoms with Crippen LogP contribution in [-0.4, -0.2) is 37.3 Å². The molecule has 0 aliphatic carbocycles. The van der Waals surface area contributed by atoms with Crippen molar-refractivity contribution in [3.8, 4) is 0 Å². The Morgan fingerprint density at radius 3 is 2.32 bits per heavy atom. The summed E-state index contributed by atoms with van der Waals surface area (Å²) in [4.78, 5) is 1.75. The predicted octanol–water partition coefficient (Wildman–Crippen LogP) is 4.33. The number of rotatable bonds is 3. The van der Waals surface area contributed by atoms with E-state index in [4.69, 9.17) is 0 Å². The van der Waals surface area contributed by atoms with E-state index in [1.165, 1.54) is 18.2 Å². The molecule has 2 nitrogen and oxygen atoms in total. The van der Waals surface area contributed by atoms with E-state index in [2.05, 4.69) is 21.2 Å². The van der Waals surface area contributed by atoms with Crippen LogP contribution in [0, 0.1) is 5.82 Å². The zero-order chi connectivity index (χ0) is 14.8. The van der Waals surface area contributed by atoms with Crippen molar-refractivity contribution in [2.75, 3.05) is 26.2 Å². The Morgan fingerprint density at radius 2 is 1.77 bits per heavy atom. The van der Waals surface area contributed by atoms with Crippen molar-refractivity contribution in [2.24, 2.45) is 0 Å². The highest BCUT2D eigenvalue weighted by Gasteiger charge is 2.36. The van der Waals surface area contributed by atoms with Crippen LogP contribution in [0.2, 0.25) is 0 Å². The molecule has 1 saturated heterocycles. The molecule has 1 atom stereocenters. The highest BCUT2D eigenvalue weighted by Crippen LogP contribution is 2.37. The number of nitrogens with one attached hydrogen (secondary N) is 1. The number of alkyl halides is 3. The Hall–Kier alpha value is -0.0800. The van der Waals surface area contributed by atoms with Gasteiger partial charge in [0.15, 0.2) is 0 Å². The van der Waals surface area contributed by atoms with E-state index in [0.717, 1.165) is 0 Å². The van der Waals surface area contributed by atoms with Crippen molar-refractivity contribution >= 4 is 40.7 Å². The van der Waals surface area contributed by atoms with E-state index in [-0.39, 0.29) is 24.8 Å². The molecule has 1 N–H and O–H groups in total. The second kappa shape index (κ2) is 9.27. The maximum Gasteiger partial charge on any atom is 0.390 e. The second-order valence-corrected chi connectivity index (χ2v) is 5.64. The summed E-state index contributed by atoms with van der Waals surface area (Å²) in [6.45, 7) is 2.32. The fraction of sp³-hybridized carbons (Fsp3) is 0.538. The van der Waals surface area contributed by atoms with Crippen molar-refractivity contribution < 1.29 is 17.6 Å². The molecule has 0 radical (unpaired) electrons. The summed E-state index contributed by atoms with van der Waals surface area (Å²) in [6, 6.07) is 3.01. The first-order chi connectivity index (χ1) is 9.37. The van der Waals surface area contributed by atoms with E-state index in [0.29, 0.717) is 36.2 Å². The molecule has 0 bridgehead atoms. The Bertz CT molecular complexity index is 468. The van der Waals surface area contributed by atoms with Crippen LogP contribution in [-0.2, 0) is 0 Å². The summed E-state index contributed by atoms with van der Waals surface area (Å²) >= 11 is 3.23. The predicted molar refractivity (Wildman–Crippen MR) is 86.5 cm³/mol. The number of hydrogen-bond acceptors (Lipinski definition) is 2. The molecule has 1 aromatic carbocycles. The van der Waals surface area contributed by atoms with Gasteiger partial charge >= 0.3 is 6.18 Å². The van der Waals surface area contributed by atoms with Gasteiger partial charge in [-0.3, -0.25) is 4.90 Å². The SMILES string of the molecule is Cl.Cl.Fc1ccc(Br)c([C@H](CC(F)(F)F)N2CCNCC2)c1. The lowest BCUT2D eigenvalue weighted by Crippen LogP contribution is -2.46. The van der Waals surface area contributed by atoms with Crippen LogP contribution in [0.1, 0.15) is 18.0 Å². The second-order valence-electron chi connectivity index (χ2n) is 4.79. The molecule has 0 amide bonds. The minimum Gasteiger partial charge on any atom is -0.314 e. The van der Waals surface area contributed by atoms with Crippen molar-refractivity contribution in [2.45, 2.75) is 18.6 Å². The monoisotopic (exact) mass is 426 g/mol. The van der Waals surface area contributed by atoms with Crippen LogP contribution in [0.3, 0.4) is 0 Å². The van der Waals surface area contributed by atoms with Crippen molar-refractivity contribution in [1.29, 1.82) is 0 Å². The van der Waals surface area contributed by atoms with E-state index in [9.17, 15) is 17.6 Å².